The molecule has 1 N–H and O–H groups in total. The highest BCUT2D eigenvalue weighted by Crippen LogP contribution is 2.61. The smallest absolute Gasteiger partial charge is 0.252 e. The Balaban J connectivity index is 1.28. The molecule has 4 nitrogen and oxygen atoms in total. The van der Waals surface area contributed by atoms with Crippen molar-refractivity contribution in [3.05, 3.63) is 47.3 Å². The molecule has 0 radical (unpaired) electrons. The highest BCUT2D eigenvalue weighted by Gasteiger charge is 2.53. The topological polar surface area (TPSA) is 55.1 Å². The van der Waals surface area contributed by atoms with Crippen LogP contribution in [0.25, 0.3) is 0 Å². The maximum Gasteiger partial charge on any atom is 0.252 e. The molecular weight excluding hydrogens is 380 g/mol. The fraction of sp³-hybridized carbons (Fsp3) is 0.583. The van der Waals surface area contributed by atoms with E-state index < -0.39 is 0 Å². The van der Waals surface area contributed by atoms with Crippen LogP contribution in [0.1, 0.15) is 67.3 Å². The largest absolute Gasteiger partial charge is 0.360 e. The van der Waals surface area contributed by atoms with Crippen molar-refractivity contribution in [2.24, 2.45) is 23.2 Å². The van der Waals surface area contributed by atoms with Gasteiger partial charge in [0.25, 0.3) is 5.91 Å². The second-order valence-electron chi connectivity index (χ2n) is 9.69. The van der Waals surface area contributed by atoms with E-state index in [2.05, 4.69) is 17.4 Å². The van der Waals surface area contributed by atoms with Crippen LogP contribution in [-0.2, 0) is 5.75 Å². The molecule has 1 aromatic carbocycles. The lowest BCUT2D eigenvalue weighted by atomic mass is 9.48. The Hall–Kier alpha value is -1.75. The van der Waals surface area contributed by atoms with Gasteiger partial charge in [0, 0.05) is 17.0 Å². The minimum absolute atomic E-state index is 0.0603. The van der Waals surface area contributed by atoms with Gasteiger partial charge in [-0.1, -0.05) is 17.3 Å². The molecule has 6 rings (SSSR count). The van der Waals surface area contributed by atoms with Crippen molar-refractivity contribution < 1.29 is 9.32 Å². The average molecular weight is 411 g/mol. The van der Waals surface area contributed by atoms with E-state index in [-0.39, 0.29) is 11.9 Å². The van der Waals surface area contributed by atoms with Gasteiger partial charge >= 0.3 is 0 Å². The van der Waals surface area contributed by atoms with Crippen LogP contribution >= 0.6 is 11.8 Å². The molecule has 29 heavy (non-hydrogen) atoms. The Morgan fingerprint density at radius 2 is 1.86 bits per heavy atom. The maximum atomic E-state index is 13.2. The number of nitrogens with one attached hydrogen (secondary N) is 1. The quantitative estimate of drug-likeness (QED) is 0.629. The van der Waals surface area contributed by atoms with Crippen LogP contribution in [-0.4, -0.2) is 17.1 Å². The molecule has 154 valence electrons. The summed E-state index contributed by atoms with van der Waals surface area (Å²) >= 11 is 1.63. The number of aryl methyl sites for hydroxylation is 1. The standard InChI is InChI=1S/C24H30N2O2S/c1-15-7-20(28-26-15)14-29-22-6-4-3-5-21(22)23(27)25-16(2)24-11-17-8-18(12-24)10-19(9-17)13-24/h3-7,16-19H,8-14H2,1-2H3,(H,25,27). The zero-order chi connectivity index (χ0) is 20.0. The minimum atomic E-state index is 0.0603. The first-order valence-corrected chi connectivity index (χ1v) is 11.9. The van der Waals surface area contributed by atoms with Crippen molar-refractivity contribution in [2.45, 2.75) is 69.1 Å². The SMILES string of the molecule is Cc1cc(CSc2ccccc2C(=O)NC(C)C23CC4CC(CC(C4)C2)C3)on1. The van der Waals surface area contributed by atoms with E-state index in [1.807, 2.05) is 37.3 Å². The van der Waals surface area contributed by atoms with Gasteiger partial charge in [-0.25, -0.2) is 0 Å². The van der Waals surface area contributed by atoms with Gasteiger partial charge in [-0.15, -0.1) is 11.8 Å². The number of hydrogen-bond acceptors (Lipinski definition) is 4. The Kier molecular flexibility index (Phi) is 4.97. The van der Waals surface area contributed by atoms with Crippen LogP contribution in [0, 0.1) is 30.1 Å². The third kappa shape index (κ3) is 3.74. The third-order valence-corrected chi connectivity index (χ3v) is 8.63. The van der Waals surface area contributed by atoms with Crippen LogP contribution in [0.4, 0.5) is 0 Å². The molecule has 4 bridgehead atoms. The van der Waals surface area contributed by atoms with Crippen LogP contribution in [0.2, 0.25) is 0 Å². The molecule has 5 heteroatoms. The molecule has 1 unspecified atom stereocenters. The molecule has 1 amide bonds. The number of benzene rings is 1. The van der Waals surface area contributed by atoms with Crippen molar-refractivity contribution in [3.8, 4) is 0 Å². The first-order chi connectivity index (χ1) is 14.0. The number of carbonyl (C=O) groups excluding carboxylic acids is 1. The Labute approximate surface area is 177 Å². The van der Waals surface area contributed by atoms with E-state index in [1.165, 1.54) is 38.5 Å². The lowest BCUT2D eigenvalue weighted by Crippen LogP contribution is -2.55. The first-order valence-electron chi connectivity index (χ1n) is 11.0. The van der Waals surface area contributed by atoms with Crippen molar-refractivity contribution in [3.63, 3.8) is 0 Å². The van der Waals surface area contributed by atoms with Gasteiger partial charge in [0.2, 0.25) is 0 Å². The number of amides is 1. The highest BCUT2D eigenvalue weighted by atomic mass is 32.2. The summed E-state index contributed by atoms with van der Waals surface area (Å²) in [6.07, 6.45) is 8.21. The van der Waals surface area contributed by atoms with Crippen molar-refractivity contribution in [1.29, 1.82) is 0 Å². The van der Waals surface area contributed by atoms with Gasteiger partial charge in [0.05, 0.1) is 17.0 Å². The molecule has 1 heterocycles. The van der Waals surface area contributed by atoms with E-state index >= 15 is 0 Å². The summed E-state index contributed by atoms with van der Waals surface area (Å²) in [5.41, 5.74) is 1.98. The summed E-state index contributed by atoms with van der Waals surface area (Å²) < 4.78 is 5.32. The van der Waals surface area contributed by atoms with E-state index in [0.717, 1.165) is 39.7 Å². The molecule has 0 saturated heterocycles. The summed E-state index contributed by atoms with van der Waals surface area (Å²) in [5, 5.41) is 7.36. The van der Waals surface area contributed by atoms with Crippen LogP contribution in [0.5, 0.6) is 0 Å². The lowest BCUT2D eigenvalue weighted by Gasteiger charge is -2.59. The summed E-state index contributed by atoms with van der Waals surface area (Å²) in [6.45, 7) is 4.17. The molecular formula is C24H30N2O2S. The summed E-state index contributed by atoms with van der Waals surface area (Å²) in [6, 6.07) is 10.1. The Morgan fingerprint density at radius 3 is 2.48 bits per heavy atom. The Morgan fingerprint density at radius 1 is 1.21 bits per heavy atom. The number of aromatic nitrogens is 1. The third-order valence-electron chi connectivity index (χ3n) is 7.53. The molecule has 4 saturated carbocycles. The summed E-state index contributed by atoms with van der Waals surface area (Å²) in [4.78, 5) is 14.2. The molecule has 2 aromatic rings. The molecule has 1 atom stereocenters. The summed E-state index contributed by atoms with van der Waals surface area (Å²) in [7, 11) is 0. The van der Waals surface area contributed by atoms with E-state index in [9.17, 15) is 4.79 Å². The van der Waals surface area contributed by atoms with E-state index in [0.29, 0.717) is 11.2 Å². The predicted molar refractivity (Wildman–Crippen MR) is 115 cm³/mol. The van der Waals surface area contributed by atoms with Crippen molar-refractivity contribution in [2.75, 3.05) is 0 Å². The average Bonchev–Trinajstić information content (AvgIpc) is 3.10. The lowest BCUT2D eigenvalue weighted by molar-refractivity contribution is -0.0688. The van der Waals surface area contributed by atoms with Crippen LogP contribution < -0.4 is 5.32 Å². The summed E-state index contributed by atoms with van der Waals surface area (Å²) in [5.74, 6) is 4.27. The molecule has 4 aliphatic carbocycles. The van der Waals surface area contributed by atoms with Gasteiger partial charge in [-0.3, -0.25) is 4.79 Å². The zero-order valence-corrected chi connectivity index (χ0v) is 18.1. The number of rotatable bonds is 6. The highest BCUT2D eigenvalue weighted by molar-refractivity contribution is 7.98. The maximum absolute atomic E-state index is 13.2. The second kappa shape index (κ2) is 7.50. The number of thioether (sulfide) groups is 1. The monoisotopic (exact) mass is 410 g/mol. The van der Waals surface area contributed by atoms with E-state index in [4.69, 9.17) is 4.52 Å². The zero-order valence-electron chi connectivity index (χ0n) is 17.3. The van der Waals surface area contributed by atoms with Crippen molar-refractivity contribution >= 4 is 17.7 Å². The van der Waals surface area contributed by atoms with Gasteiger partial charge < -0.3 is 9.84 Å². The normalized spacial score (nSPS) is 31.0. The fourth-order valence-corrected chi connectivity index (χ4v) is 7.47. The molecule has 0 spiro atoms. The molecule has 4 aliphatic rings. The molecule has 0 aliphatic heterocycles. The number of carbonyl (C=O) groups is 1. The van der Waals surface area contributed by atoms with Gasteiger partial charge in [0.1, 0.15) is 5.76 Å². The first kappa shape index (κ1) is 19.2. The number of hydrogen-bond donors (Lipinski definition) is 1. The minimum Gasteiger partial charge on any atom is -0.360 e. The van der Waals surface area contributed by atoms with Crippen molar-refractivity contribution in [1.82, 2.24) is 10.5 Å². The Bertz CT molecular complexity index is 871. The van der Waals surface area contributed by atoms with Gasteiger partial charge in [-0.2, -0.15) is 0 Å². The van der Waals surface area contributed by atoms with Crippen LogP contribution in [0.15, 0.2) is 39.8 Å². The fourth-order valence-electron chi connectivity index (χ4n) is 6.55. The van der Waals surface area contributed by atoms with Gasteiger partial charge in [-0.05, 0) is 87.7 Å². The number of nitrogens with zero attached hydrogens (tertiary/aromatic N) is 1. The van der Waals surface area contributed by atoms with E-state index in [1.54, 1.807) is 11.8 Å². The van der Waals surface area contributed by atoms with Crippen LogP contribution in [0.3, 0.4) is 0 Å². The molecule has 4 fully saturated rings. The predicted octanol–water partition coefficient (Wildman–Crippen LogP) is 5.61. The molecule has 1 aromatic heterocycles. The second-order valence-corrected chi connectivity index (χ2v) is 10.7. The van der Waals surface area contributed by atoms with Gasteiger partial charge in [0.15, 0.2) is 0 Å².